The van der Waals surface area contributed by atoms with Crippen molar-refractivity contribution < 1.29 is 4.74 Å². The Morgan fingerprint density at radius 1 is 1.41 bits per heavy atom. The summed E-state index contributed by atoms with van der Waals surface area (Å²) in [5, 5.41) is 3.65. The first-order chi connectivity index (χ1) is 8.20. The number of rotatable bonds is 3. The fourth-order valence-electron chi connectivity index (χ4n) is 2.97. The molecule has 1 unspecified atom stereocenters. The fourth-order valence-corrected chi connectivity index (χ4v) is 2.97. The summed E-state index contributed by atoms with van der Waals surface area (Å²) in [7, 11) is 0. The zero-order chi connectivity index (χ0) is 11.9. The maximum absolute atomic E-state index is 5.72. The highest BCUT2D eigenvalue weighted by Crippen LogP contribution is 2.52. The predicted molar refractivity (Wildman–Crippen MR) is 67.3 cm³/mol. The SMILES string of the molecule is CC(C)Oc1cncc(C2CCNC23CC3)c1. The summed E-state index contributed by atoms with van der Waals surface area (Å²) in [6, 6.07) is 2.17. The quantitative estimate of drug-likeness (QED) is 0.869. The Bertz CT molecular complexity index is 412. The molecule has 1 saturated carbocycles. The van der Waals surface area contributed by atoms with Crippen molar-refractivity contribution in [2.75, 3.05) is 6.54 Å². The zero-order valence-electron chi connectivity index (χ0n) is 10.6. The molecule has 0 amide bonds. The lowest BCUT2D eigenvalue weighted by Gasteiger charge is -2.19. The first kappa shape index (κ1) is 11.0. The Labute approximate surface area is 103 Å². The summed E-state index contributed by atoms with van der Waals surface area (Å²) in [6.07, 6.45) is 7.88. The van der Waals surface area contributed by atoms with Crippen LogP contribution < -0.4 is 10.1 Å². The smallest absolute Gasteiger partial charge is 0.138 e. The van der Waals surface area contributed by atoms with Crippen molar-refractivity contribution in [2.24, 2.45) is 0 Å². The van der Waals surface area contributed by atoms with Crippen LogP contribution in [0.2, 0.25) is 0 Å². The summed E-state index contributed by atoms with van der Waals surface area (Å²) in [4.78, 5) is 4.32. The molecule has 1 spiro atoms. The van der Waals surface area contributed by atoms with Crippen LogP contribution in [0, 0.1) is 0 Å². The van der Waals surface area contributed by atoms with E-state index in [1.54, 1.807) is 0 Å². The number of ether oxygens (including phenoxy) is 1. The molecule has 0 aromatic carbocycles. The van der Waals surface area contributed by atoms with E-state index in [-0.39, 0.29) is 6.10 Å². The topological polar surface area (TPSA) is 34.1 Å². The second-order valence-corrected chi connectivity index (χ2v) is 5.54. The average Bonchev–Trinajstić information content (AvgIpc) is 2.90. The van der Waals surface area contributed by atoms with Crippen LogP contribution in [0.4, 0.5) is 0 Å². The molecule has 92 valence electrons. The third-order valence-corrected chi connectivity index (χ3v) is 3.87. The summed E-state index contributed by atoms with van der Waals surface area (Å²) in [5.74, 6) is 1.53. The Balaban J connectivity index is 1.83. The van der Waals surface area contributed by atoms with Crippen LogP contribution >= 0.6 is 0 Å². The van der Waals surface area contributed by atoms with Crippen LogP contribution in [-0.2, 0) is 0 Å². The highest BCUT2D eigenvalue weighted by atomic mass is 16.5. The van der Waals surface area contributed by atoms with Gasteiger partial charge < -0.3 is 10.1 Å². The van der Waals surface area contributed by atoms with Gasteiger partial charge in [0.05, 0.1) is 12.3 Å². The average molecular weight is 232 g/mol. The third-order valence-electron chi connectivity index (χ3n) is 3.87. The van der Waals surface area contributed by atoms with Crippen LogP contribution in [0.1, 0.15) is 44.6 Å². The molecule has 1 aromatic rings. The maximum atomic E-state index is 5.72. The van der Waals surface area contributed by atoms with Gasteiger partial charge in [0.25, 0.3) is 0 Å². The molecule has 0 bridgehead atoms. The molecule has 3 nitrogen and oxygen atoms in total. The molecule has 1 atom stereocenters. The molecule has 0 radical (unpaired) electrons. The number of hydrogen-bond donors (Lipinski definition) is 1. The van der Waals surface area contributed by atoms with Gasteiger partial charge in [0.2, 0.25) is 0 Å². The van der Waals surface area contributed by atoms with E-state index in [1.165, 1.54) is 24.8 Å². The van der Waals surface area contributed by atoms with Gasteiger partial charge in [0.1, 0.15) is 5.75 Å². The first-order valence-corrected chi connectivity index (χ1v) is 6.56. The van der Waals surface area contributed by atoms with Gasteiger partial charge in [-0.05, 0) is 51.3 Å². The number of nitrogens with zero attached hydrogens (tertiary/aromatic N) is 1. The van der Waals surface area contributed by atoms with Crippen LogP contribution in [0.5, 0.6) is 5.75 Å². The van der Waals surface area contributed by atoms with Crippen molar-refractivity contribution in [2.45, 2.75) is 50.7 Å². The molecule has 2 fully saturated rings. The lowest BCUT2D eigenvalue weighted by Crippen LogP contribution is -2.27. The molecule has 2 heterocycles. The van der Waals surface area contributed by atoms with E-state index in [0.29, 0.717) is 11.5 Å². The molecule has 17 heavy (non-hydrogen) atoms. The first-order valence-electron chi connectivity index (χ1n) is 6.56. The minimum Gasteiger partial charge on any atom is -0.489 e. The molecular formula is C14H20N2O. The van der Waals surface area contributed by atoms with Gasteiger partial charge in [0.15, 0.2) is 0 Å². The minimum atomic E-state index is 0.212. The normalized spacial score (nSPS) is 25.5. The summed E-state index contributed by atoms with van der Waals surface area (Å²) in [6.45, 7) is 5.23. The van der Waals surface area contributed by atoms with E-state index in [2.05, 4.69) is 16.4 Å². The van der Waals surface area contributed by atoms with Gasteiger partial charge in [0, 0.05) is 17.7 Å². The van der Waals surface area contributed by atoms with E-state index in [0.717, 1.165) is 12.3 Å². The highest BCUT2D eigenvalue weighted by Gasteiger charge is 2.52. The van der Waals surface area contributed by atoms with Crippen LogP contribution in [0.15, 0.2) is 18.5 Å². The van der Waals surface area contributed by atoms with Gasteiger partial charge >= 0.3 is 0 Å². The largest absolute Gasteiger partial charge is 0.489 e. The van der Waals surface area contributed by atoms with E-state index < -0.39 is 0 Å². The molecule has 3 heteroatoms. The molecule has 3 rings (SSSR count). The number of nitrogens with one attached hydrogen (secondary N) is 1. The second-order valence-electron chi connectivity index (χ2n) is 5.54. The standard InChI is InChI=1S/C14H20N2O/c1-10(2)17-12-7-11(8-15-9-12)13-3-6-16-14(13)4-5-14/h7-10,13,16H,3-6H2,1-2H3. The Hall–Kier alpha value is -1.09. The monoisotopic (exact) mass is 232 g/mol. The number of aromatic nitrogens is 1. The second kappa shape index (κ2) is 3.98. The molecule has 2 aliphatic rings. The van der Waals surface area contributed by atoms with Crippen LogP contribution in [-0.4, -0.2) is 23.2 Å². The molecule has 1 N–H and O–H groups in total. The number of pyridine rings is 1. The lowest BCUT2D eigenvalue weighted by atomic mass is 9.91. The minimum absolute atomic E-state index is 0.212. The predicted octanol–water partition coefficient (Wildman–Crippen LogP) is 2.48. The van der Waals surface area contributed by atoms with Crippen LogP contribution in [0.3, 0.4) is 0 Å². The molecular weight excluding hydrogens is 212 g/mol. The van der Waals surface area contributed by atoms with Gasteiger partial charge in [-0.1, -0.05) is 0 Å². The Kier molecular flexibility index (Phi) is 2.58. The van der Waals surface area contributed by atoms with Crippen LogP contribution in [0.25, 0.3) is 0 Å². The van der Waals surface area contributed by atoms with Crippen molar-refractivity contribution in [3.05, 3.63) is 24.0 Å². The van der Waals surface area contributed by atoms with E-state index in [9.17, 15) is 0 Å². The molecule has 1 aliphatic heterocycles. The van der Waals surface area contributed by atoms with E-state index in [1.807, 2.05) is 26.2 Å². The van der Waals surface area contributed by atoms with E-state index in [4.69, 9.17) is 4.74 Å². The maximum Gasteiger partial charge on any atom is 0.138 e. The van der Waals surface area contributed by atoms with Crippen molar-refractivity contribution in [1.29, 1.82) is 0 Å². The fraction of sp³-hybridized carbons (Fsp3) is 0.643. The highest BCUT2D eigenvalue weighted by molar-refractivity contribution is 5.33. The lowest BCUT2D eigenvalue weighted by molar-refractivity contribution is 0.241. The van der Waals surface area contributed by atoms with Crippen molar-refractivity contribution in [3.63, 3.8) is 0 Å². The summed E-state index contributed by atoms with van der Waals surface area (Å²) >= 11 is 0. The Morgan fingerprint density at radius 3 is 2.94 bits per heavy atom. The van der Waals surface area contributed by atoms with Gasteiger partial charge in [-0.15, -0.1) is 0 Å². The van der Waals surface area contributed by atoms with Gasteiger partial charge in [-0.25, -0.2) is 0 Å². The van der Waals surface area contributed by atoms with Gasteiger partial charge in [-0.3, -0.25) is 4.98 Å². The third kappa shape index (κ3) is 2.04. The number of hydrogen-bond acceptors (Lipinski definition) is 3. The van der Waals surface area contributed by atoms with Crippen molar-refractivity contribution in [3.8, 4) is 5.75 Å². The zero-order valence-corrected chi connectivity index (χ0v) is 10.6. The summed E-state index contributed by atoms with van der Waals surface area (Å²) in [5.41, 5.74) is 1.74. The molecule has 1 saturated heterocycles. The summed E-state index contributed by atoms with van der Waals surface area (Å²) < 4.78 is 5.72. The Morgan fingerprint density at radius 2 is 2.24 bits per heavy atom. The van der Waals surface area contributed by atoms with E-state index >= 15 is 0 Å². The van der Waals surface area contributed by atoms with Crippen molar-refractivity contribution >= 4 is 0 Å². The van der Waals surface area contributed by atoms with Crippen molar-refractivity contribution in [1.82, 2.24) is 10.3 Å². The van der Waals surface area contributed by atoms with Gasteiger partial charge in [-0.2, -0.15) is 0 Å². The molecule has 1 aliphatic carbocycles. The molecule has 1 aromatic heterocycles.